The van der Waals surface area contributed by atoms with Gasteiger partial charge in [-0.2, -0.15) is 0 Å². The van der Waals surface area contributed by atoms with E-state index in [2.05, 4.69) is 0 Å². The molecule has 7 heteroatoms. The maximum atomic E-state index is 11.4. The summed E-state index contributed by atoms with van der Waals surface area (Å²) in [4.78, 5) is 21.5. The Bertz CT molecular complexity index is 436. The van der Waals surface area contributed by atoms with Gasteiger partial charge in [-0.3, -0.25) is 14.9 Å². The van der Waals surface area contributed by atoms with E-state index in [0.29, 0.717) is 3.57 Å². The minimum absolute atomic E-state index is 0.0489. The van der Waals surface area contributed by atoms with Gasteiger partial charge in [-0.05, 0) is 34.7 Å². The molecule has 1 rings (SSSR count). The van der Waals surface area contributed by atoms with Crippen molar-refractivity contribution in [3.63, 3.8) is 0 Å². The van der Waals surface area contributed by atoms with E-state index in [1.807, 2.05) is 0 Å². The third kappa shape index (κ3) is 2.59. The molecule has 1 aromatic carbocycles. The van der Waals surface area contributed by atoms with Crippen molar-refractivity contribution in [2.75, 3.05) is 5.88 Å². The average Bonchev–Trinajstić information content (AvgIpc) is 2.19. The number of Topliss-reactive ketones (excluding diaryl/α,β-unsaturated/α-hetero) is 1. The van der Waals surface area contributed by atoms with Crippen molar-refractivity contribution < 1.29 is 9.72 Å². The van der Waals surface area contributed by atoms with Crippen molar-refractivity contribution >= 4 is 57.3 Å². The van der Waals surface area contributed by atoms with Crippen LogP contribution in [0.1, 0.15) is 10.4 Å². The predicted molar refractivity (Wildman–Crippen MR) is 65.9 cm³/mol. The maximum absolute atomic E-state index is 11.4. The Morgan fingerprint density at radius 2 is 2.13 bits per heavy atom. The minimum atomic E-state index is -0.632. The summed E-state index contributed by atoms with van der Waals surface area (Å²) in [5, 5.41) is 10.8. The van der Waals surface area contributed by atoms with E-state index >= 15 is 0 Å². The number of nitro groups is 1. The van der Waals surface area contributed by atoms with Gasteiger partial charge in [0.1, 0.15) is 5.56 Å². The predicted octanol–water partition coefficient (Wildman–Crippen LogP) is 3.27. The number of hydrogen-bond acceptors (Lipinski definition) is 3. The summed E-state index contributed by atoms with van der Waals surface area (Å²) in [6.07, 6.45) is 0. The summed E-state index contributed by atoms with van der Waals surface area (Å²) in [5.74, 6) is -0.882. The second-order valence-electron chi connectivity index (χ2n) is 2.57. The van der Waals surface area contributed by atoms with Gasteiger partial charge in [-0.25, -0.2) is 0 Å². The quantitative estimate of drug-likeness (QED) is 0.273. The topological polar surface area (TPSA) is 60.2 Å². The van der Waals surface area contributed by atoms with Crippen LogP contribution in [0.3, 0.4) is 0 Å². The number of alkyl halides is 1. The first-order valence-electron chi connectivity index (χ1n) is 3.70. The molecule has 0 spiro atoms. The number of nitro benzene ring substituents is 1. The average molecular weight is 360 g/mol. The van der Waals surface area contributed by atoms with Gasteiger partial charge >= 0.3 is 0 Å². The number of nitrogens with zero attached hydrogens (tertiary/aromatic N) is 1. The number of carbonyl (C=O) groups is 1. The zero-order valence-electron chi connectivity index (χ0n) is 7.17. The van der Waals surface area contributed by atoms with E-state index in [4.69, 9.17) is 23.2 Å². The number of halogens is 3. The van der Waals surface area contributed by atoms with Gasteiger partial charge in [0.15, 0.2) is 5.78 Å². The Morgan fingerprint density at radius 3 is 2.60 bits per heavy atom. The summed E-state index contributed by atoms with van der Waals surface area (Å²) >= 11 is 12.9. The molecule has 0 aliphatic rings. The molecule has 0 unspecified atom stereocenters. The molecule has 0 amide bonds. The Kier molecular flexibility index (Phi) is 4.30. The van der Waals surface area contributed by atoms with E-state index in [0.717, 1.165) is 0 Å². The number of rotatable bonds is 3. The van der Waals surface area contributed by atoms with Crippen LogP contribution in [-0.4, -0.2) is 16.6 Å². The molecule has 0 heterocycles. The monoisotopic (exact) mass is 359 g/mol. The smallest absolute Gasteiger partial charge is 0.292 e. The third-order valence-electron chi connectivity index (χ3n) is 1.66. The molecule has 0 atom stereocenters. The molecule has 4 nitrogen and oxygen atoms in total. The highest BCUT2D eigenvalue weighted by molar-refractivity contribution is 14.1. The van der Waals surface area contributed by atoms with Crippen LogP contribution in [-0.2, 0) is 0 Å². The first-order chi connectivity index (χ1) is 6.99. The zero-order valence-corrected chi connectivity index (χ0v) is 10.8. The lowest BCUT2D eigenvalue weighted by Gasteiger charge is -2.03. The van der Waals surface area contributed by atoms with Crippen molar-refractivity contribution in [2.45, 2.75) is 0 Å². The Labute approximate surface area is 109 Å². The second kappa shape index (κ2) is 5.09. The van der Waals surface area contributed by atoms with Gasteiger partial charge in [-0.1, -0.05) is 11.6 Å². The first kappa shape index (κ1) is 12.7. The molecule has 15 heavy (non-hydrogen) atoms. The number of ketones is 1. The molecule has 0 bridgehead atoms. The molecule has 0 fully saturated rings. The molecule has 0 saturated carbocycles. The van der Waals surface area contributed by atoms with Crippen LogP contribution in [0.4, 0.5) is 5.69 Å². The summed E-state index contributed by atoms with van der Waals surface area (Å²) in [6, 6.07) is 2.92. The van der Waals surface area contributed by atoms with Crippen LogP contribution in [0.25, 0.3) is 0 Å². The van der Waals surface area contributed by atoms with Crippen molar-refractivity contribution in [2.24, 2.45) is 0 Å². The Morgan fingerprint density at radius 1 is 1.53 bits per heavy atom. The fourth-order valence-corrected chi connectivity index (χ4v) is 2.09. The minimum Gasteiger partial charge on any atom is -0.292 e. The van der Waals surface area contributed by atoms with E-state index in [1.165, 1.54) is 12.1 Å². The fourth-order valence-electron chi connectivity index (χ4n) is 1.05. The second-order valence-corrected chi connectivity index (χ2v) is 4.40. The molecule has 0 aliphatic carbocycles. The van der Waals surface area contributed by atoms with E-state index < -0.39 is 10.7 Å². The fraction of sp³-hybridized carbons (Fsp3) is 0.125. The summed E-state index contributed by atoms with van der Waals surface area (Å²) in [7, 11) is 0. The lowest BCUT2D eigenvalue weighted by atomic mass is 10.1. The summed E-state index contributed by atoms with van der Waals surface area (Å²) in [6.45, 7) is 0. The van der Waals surface area contributed by atoms with Gasteiger partial charge in [0, 0.05) is 0 Å². The highest BCUT2D eigenvalue weighted by atomic mass is 127. The van der Waals surface area contributed by atoms with Crippen molar-refractivity contribution in [3.8, 4) is 0 Å². The number of carbonyl (C=O) groups excluding carboxylic acids is 1. The normalized spacial score (nSPS) is 10.1. The lowest BCUT2D eigenvalue weighted by molar-refractivity contribution is -0.386. The highest BCUT2D eigenvalue weighted by Crippen LogP contribution is 2.31. The third-order valence-corrected chi connectivity index (χ3v) is 3.09. The molecule has 0 saturated heterocycles. The number of benzene rings is 1. The molecule has 0 aromatic heterocycles. The van der Waals surface area contributed by atoms with Crippen LogP contribution < -0.4 is 0 Å². The van der Waals surface area contributed by atoms with E-state index in [9.17, 15) is 14.9 Å². The highest BCUT2D eigenvalue weighted by Gasteiger charge is 2.25. The molecule has 1 aromatic rings. The molecular weight excluding hydrogens is 356 g/mol. The van der Waals surface area contributed by atoms with Crippen LogP contribution in [0.2, 0.25) is 5.02 Å². The van der Waals surface area contributed by atoms with Gasteiger partial charge in [-0.15, -0.1) is 11.6 Å². The summed E-state index contributed by atoms with van der Waals surface area (Å²) in [5.41, 5.74) is -0.405. The van der Waals surface area contributed by atoms with Crippen molar-refractivity contribution in [1.29, 1.82) is 0 Å². The molecule has 80 valence electrons. The van der Waals surface area contributed by atoms with Gasteiger partial charge in [0.25, 0.3) is 5.69 Å². The van der Waals surface area contributed by atoms with Crippen molar-refractivity contribution in [3.05, 3.63) is 36.4 Å². The SMILES string of the molecule is O=C(CCl)c1c(Cl)ccc(I)c1[N+](=O)[O-]. The molecule has 0 aliphatic heterocycles. The van der Waals surface area contributed by atoms with Gasteiger partial charge in [0.05, 0.1) is 19.4 Å². The van der Waals surface area contributed by atoms with Gasteiger partial charge < -0.3 is 0 Å². The standard InChI is InChI=1S/C8H4Cl2INO3/c9-3-6(13)7-4(10)1-2-5(11)8(7)12(14)15/h1-2H,3H2. The summed E-state index contributed by atoms with van der Waals surface area (Å²) < 4.78 is 0.357. The zero-order chi connectivity index (χ0) is 11.6. The molecule has 0 N–H and O–H groups in total. The molecular formula is C8H4Cl2INO3. The van der Waals surface area contributed by atoms with E-state index in [-0.39, 0.29) is 22.2 Å². The Balaban J connectivity index is 3.52. The first-order valence-corrected chi connectivity index (χ1v) is 5.69. The van der Waals surface area contributed by atoms with Crippen LogP contribution in [0.15, 0.2) is 12.1 Å². The van der Waals surface area contributed by atoms with Gasteiger partial charge in [0.2, 0.25) is 0 Å². The largest absolute Gasteiger partial charge is 0.294 e. The van der Waals surface area contributed by atoms with Crippen LogP contribution >= 0.6 is 45.8 Å². The lowest BCUT2D eigenvalue weighted by Crippen LogP contribution is -2.07. The van der Waals surface area contributed by atoms with Crippen LogP contribution in [0.5, 0.6) is 0 Å². The Hall–Kier alpha value is -0.400. The van der Waals surface area contributed by atoms with E-state index in [1.54, 1.807) is 22.6 Å². The molecule has 0 radical (unpaired) electrons. The number of hydrogen-bond donors (Lipinski definition) is 0. The van der Waals surface area contributed by atoms with Crippen LogP contribution in [0, 0.1) is 13.7 Å². The maximum Gasteiger partial charge on any atom is 0.294 e. The van der Waals surface area contributed by atoms with Crippen molar-refractivity contribution in [1.82, 2.24) is 0 Å².